The topological polar surface area (TPSA) is 107 Å². The van der Waals surface area contributed by atoms with Gasteiger partial charge in [0.25, 0.3) is 0 Å². The second-order valence-electron chi connectivity index (χ2n) is 7.09. The van der Waals surface area contributed by atoms with Crippen LogP contribution < -0.4 is 20.1 Å². The summed E-state index contributed by atoms with van der Waals surface area (Å²) >= 11 is 10.6. The zero-order valence-electron chi connectivity index (χ0n) is 19.2. The Kier molecular flexibility index (Phi) is 9.58. The highest BCUT2D eigenvalue weighted by Crippen LogP contribution is 2.28. The molecule has 0 aliphatic heterocycles. The van der Waals surface area contributed by atoms with Gasteiger partial charge in [-0.05, 0) is 57.9 Å². The maximum absolute atomic E-state index is 12.3. The van der Waals surface area contributed by atoms with Crippen LogP contribution in [0.4, 0.5) is 5.69 Å². The van der Waals surface area contributed by atoms with Crippen molar-refractivity contribution in [2.75, 3.05) is 25.3 Å². The van der Waals surface area contributed by atoms with Crippen molar-refractivity contribution in [2.24, 2.45) is 7.05 Å². The minimum atomic E-state index is -0.287. The predicted molar refractivity (Wildman–Crippen MR) is 140 cm³/mol. The van der Waals surface area contributed by atoms with Crippen molar-refractivity contribution in [1.82, 2.24) is 20.1 Å². The number of carbonyl (C=O) groups is 2. The Bertz CT molecular complexity index is 1250. The molecule has 0 saturated heterocycles. The summed E-state index contributed by atoms with van der Waals surface area (Å²) in [4.78, 5) is 24.5. The molecule has 3 aromatic rings. The molecule has 35 heavy (non-hydrogen) atoms. The van der Waals surface area contributed by atoms with Crippen LogP contribution in [0.2, 0.25) is 5.02 Å². The Morgan fingerprint density at radius 3 is 2.63 bits per heavy atom. The number of nitrogens with one attached hydrogen (secondary N) is 2. The van der Waals surface area contributed by atoms with Crippen LogP contribution in [0.15, 0.2) is 52.1 Å². The summed E-state index contributed by atoms with van der Waals surface area (Å²) in [7, 11) is 4.89. The van der Waals surface area contributed by atoms with E-state index in [1.807, 2.05) is 6.07 Å². The minimum absolute atomic E-state index is 0.139. The van der Waals surface area contributed by atoms with Gasteiger partial charge < -0.3 is 24.7 Å². The van der Waals surface area contributed by atoms with Gasteiger partial charge in [-0.2, -0.15) is 0 Å². The van der Waals surface area contributed by atoms with Gasteiger partial charge in [0.1, 0.15) is 0 Å². The molecular formula is C23H23BrClN5O4S. The number of hydrogen-bond donors (Lipinski definition) is 2. The molecule has 0 aliphatic rings. The van der Waals surface area contributed by atoms with E-state index < -0.39 is 0 Å². The minimum Gasteiger partial charge on any atom is -0.493 e. The Labute approximate surface area is 220 Å². The molecule has 1 heterocycles. The quantitative estimate of drug-likeness (QED) is 0.272. The number of rotatable bonds is 10. The summed E-state index contributed by atoms with van der Waals surface area (Å²) in [5.74, 6) is 1.39. The lowest BCUT2D eigenvalue weighted by Gasteiger charge is -2.07. The maximum atomic E-state index is 12.3. The fraction of sp³-hybridized carbons (Fsp3) is 0.217. The molecular weight excluding hydrogens is 558 g/mol. The third-order valence-corrected chi connectivity index (χ3v) is 6.97. The third kappa shape index (κ3) is 7.48. The Morgan fingerprint density at radius 1 is 1.14 bits per heavy atom. The van der Waals surface area contributed by atoms with Gasteiger partial charge in [-0.1, -0.05) is 29.4 Å². The van der Waals surface area contributed by atoms with Crippen molar-refractivity contribution in [2.45, 2.75) is 11.7 Å². The molecule has 0 aliphatic carbocycles. The zero-order valence-corrected chi connectivity index (χ0v) is 22.3. The summed E-state index contributed by atoms with van der Waals surface area (Å²) in [6.45, 7) is 0.183. The van der Waals surface area contributed by atoms with Crippen molar-refractivity contribution >= 4 is 62.9 Å². The Balaban J connectivity index is 1.49. The van der Waals surface area contributed by atoms with Crippen LogP contribution in [0.25, 0.3) is 6.08 Å². The molecule has 12 heteroatoms. The first-order valence-corrected chi connectivity index (χ1v) is 12.4. The summed E-state index contributed by atoms with van der Waals surface area (Å²) in [6, 6.07) is 10.5. The van der Waals surface area contributed by atoms with E-state index in [1.165, 1.54) is 17.8 Å². The van der Waals surface area contributed by atoms with Gasteiger partial charge in [0.2, 0.25) is 11.8 Å². The number of nitrogens with zero attached hydrogens (tertiary/aromatic N) is 3. The number of benzene rings is 2. The van der Waals surface area contributed by atoms with Gasteiger partial charge in [-0.25, -0.2) is 0 Å². The molecule has 9 nitrogen and oxygen atoms in total. The van der Waals surface area contributed by atoms with E-state index in [4.69, 9.17) is 21.1 Å². The number of carbonyl (C=O) groups excluding carboxylic acids is 2. The normalized spacial score (nSPS) is 10.9. The third-order valence-electron chi connectivity index (χ3n) is 4.72. The van der Waals surface area contributed by atoms with Gasteiger partial charge >= 0.3 is 0 Å². The van der Waals surface area contributed by atoms with Crippen LogP contribution in [0.1, 0.15) is 11.4 Å². The molecule has 184 valence electrons. The van der Waals surface area contributed by atoms with Crippen LogP contribution in [0.5, 0.6) is 11.5 Å². The van der Waals surface area contributed by atoms with Gasteiger partial charge in [0.15, 0.2) is 22.5 Å². The molecule has 2 amide bonds. The summed E-state index contributed by atoms with van der Waals surface area (Å²) in [5.41, 5.74) is 1.39. The summed E-state index contributed by atoms with van der Waals surface area (Å²) < 4.78 is 13.0. The molecule has 2 N–H and O–H groups in total. The van der Waals surface area contributed by atoms with Crippen molar-refractivity contribution in [1.29, 1.82) is 0 Å². The molecule has 0 atom stereocenters. The number of amides is 2. The fourth-order valence-corrected chi connectivity index (χ4v) is 4.04. The molecule has 3 rings (SSSR count). The van der Waals surface area contributed by atoms with Crippen LogP contribution in [-0.4, -0.2) is 46.6 Å². The van der Waals surface area contributed by atoms with Gasteiger partial charge in [-0.3, -0.25) is 9.59 Å². The lowest BCUT2D eigenvalue weighted by atomic mass is 10.2. The van der Waals surface area contributed by atoms with E-state index in [-0.39, 0.29) is 24.1 Å². The SMILES string of the molecule is COc1ccc(/C=C/C(=O)NCc2nnc(SCC(=O)Nc3ccc(Br)c(Cl)c3)n2C)cc1OC. The molecule has 0 spiro atoms. The highest BCUT2D eigenvalue weighted by atomic mass is 79.9. The first-order chi connectivity index (χ1) is 16.8. The molecule has 0 saturated carbocycles. The average molecular weight is 581 g/mol. The Morgan fingerprint density at radius 2 is 1.91 bits per heavy atom. The summed E-state index contributed by atoms with van der Waals surface area (Å²) in [5, 5.41) is 14.8. The first kappa shape index (κ1) is 26.6. The number of thioether (sulfide) groups is 1. The highest BCUT2D eigenvalue weighted by Gasteiger charge is 2.13. The van der Waals surface area contributed by atoms with Crippen LogP contribution >= 0.6 is 39.3 Å². The van der Waals surface area contributed by atoms with E-state index in [2.05, 4.69) is 36.8 Å². The smallest absolute Gasteiger partial charge is 0.244 e. The molecule has 0 radical (unpaired) electrons. The van der Waals surface area contributed by atoms with E-state index in [1.54, 1.807) is 62.2 Å². The van der Waals surface area contributed by atoms with Crippen molar-refractivity contribution in [3.63, 3.8) is 0 Å². The average Bonchev–Trinajstić information content (AvgIpc) is 3.21. The molecule has 0 unspecified atom stereocenters. The van der Waals surface area contributed by atoms with Crippen molar-refractivity contribution in [3.8, 4) is 11.5 Å². The van der Waals surface area contributed by atoms with Gasteiger partial charge in [-0.15, -0.1) is 10.2 Å². The predicted octanol–water partition coefficient (Wildman–Crippen LogP) is 4.31. The van der Waals surface area contributed by atoms with Gasteiger partial charge in [0, 0.05) is 23.3 Å². The Hall–Kier alpha value is -3.02. The number of halogens is 2. The highest BCUT2D eigenvalue weighted by molar-refractivity contribution is 9.10. The molecule has 1 aromatic heterocycles. The number of hydrogen-bond acceptors (Lipinski definition) is 7. The lowest BCUT2D eigenvalue weighted by molar-refractivity contribution is -0.116. The second kappa shape index (κ2) is 12.6. The van der Waals surface area contributed by atoms with Crippen LogP contribution in [0.3, 0.4) is 0 Å². The standard InChI is InChI=1S/C23H23BrClN5O4S/c1-30-20(12-26-21(31)9-5-14-4-8-18(33-2)19(10-14)34-3)28-29-23(30)35-13-22(32)27-15-6-7-16(24)17(25)11-15/h4-11H,12-13H2,1-3H3,(H,26,31)(H,27,32)/b9-5+. The lowest BCUT2D eigenvalue weighted by Crippen LogP contribution is -2.22. The van der Waals surface area contributed by atoms with Crippen molar-refractivity contribution < 1.29 is 19.1 Å². The van der Waals surface area contributed by atoms with E-state index >= 15 is 0 Å². The second-order valence-corrected chi connectivity index (χ2v) is 9.29. The monoisotopic (exact) mass is 579 g/mol. The van der Waals surface area contributed by atoms with Crippen molar-refractivity contribution in [3.05, 3.63) is 63.4 Å². The zero-order chi connectivity index (χ0) is 25.4. The molecule has 2 aromatic carbocycles. The maximum Gasteiger partial charge on any atom is 0.244 e. The van der Waals surface area contributed by atoms with E-state index in [0.29, 0.717) is 33.2 Å². The number of aromatic nitrogens is 3. The summed E-state index contributed by atoms with van der Waals surface area (Å²) in [6.07, 6.45) is 3.10. The number of methoxy groups -OCH3 is 2. The molecule has 0 fully saturated rings. The van der Waals surface area contributed by atoms with Gasteiger partial charge in [0.05, 0.1) is 31.5 Å². The van der Waals surface area contributed by atoms with E-state index in [9.17, 15) is 9.59 Å². The van der Waals surface area contributed by atoms with Crippen LogP contribution in [-0.2, 0) is 23.2 Å². The fourth-order valence-electron chi connectivity index (χ4n) is 2.88. The van der Waals surface area contributed by atoms with Crippen LogP contribution in [0, 0.1) is 0 Å². The number of anilines is 1. The largest absolute Gasteiger partial charge is 0.493 e. The molecule has 0 bridgehead atoms. The number of ether oxygens (including phenoxy) is 2. The first-order valence-electron chi connectivity index (χ1n) is 10.2. The van der Waals surface area contributed by atoms with E-state index in [0.717, 1.165) is 10.0 Å².